The molecule has 0 aliphatic carbocycles. The van der Waals surface area contributed by atoms with Crippen LogP contribution in [-0.2, 0) is 0 Å². The number of rotatable bonds is 3. The SMILES string of the molecule is COc1cc(F)c(Cl)c(C=O)c1OC. The maximum absolute atomic E-state index is 13.1. The van der Waals surface area contributed by atoms with Gasteiger partial charge in [-0.15, -0.1) is 0 Å². The summed E-state index contributed by atoms with van der Waals surface area (Å²) in [6, 6.07) is 1.06. The van der Waals surface area contributed by atoms with E-state index in [0.717, 1.165) is 6.07 Å². The van der Waals surface area contributed by atoms with E-state index in [0.29, 0.717) is 6.29 Å². The molecule has 1 aromatic rings. The molecule has 3 nitrogen and oxygen atoms in total. The Hall–Kier alpha value is -1.29. The molecule has 0 aliphatic heterocycles. The fourth-order valence-electron chi connectivity index (χ4n) is 1.07. The number of ether oxygens (including phenoxy) is 2. The van der Waals surface area contributed by atoms with Gasteiger partial charge in [-0.1, -0.05) is 11.6 Å². The Kier molecular flexibility index (Phi) is 3.30. The van der Waals surface area contributed by atoms with Crippen LogP contribution in [0.15, 0.2) is 6.07 Å². The molecule has 0 unspecified atom stereocenters. The van der Waals surface area contributed by atoms with Crippen LogP contribution in [0.3, 0.4) is 0 Å². The quantitative estimate of drug-likeness (QED) is 0.731. The van der Waals surface area contributed by atoms with Gasteiger partial charge in [-0.2, -0.15) is 0 Å². The number of halogens is 2. The van der Waals surface area contributed by atoms with Crippen molar-refractivity contribution in [2.45, 2.75) is 0 Å². The summed E-state index contributed by atoms with van der Waals surface area (Å²) in [5, 5.41) is -0.266. The minimum Gasteiger partial charge on any atom is -0.493 e. The van der Waals surface area contributed by atoms with E-state index in [9.17, 15) is 9.18 Å². The highest BCUT2D eigenvalue weighted by molar-refractivity contribution is 6.33. The monoisotopic (exact) mass is 218 g/mol. The first-order valence-electron chi connectivity index (χ1n) is 3.70. The van der Waals surface area contributed by atoms with Crippen molar-refractivity contribution in [1.82, 2.24) is 0 Å². The molecule has 0 fully saturated rings. The van der Waals surface area contributed by atoms with Crippen molar-refractivity contribution in [3.63, 3.8) is 0 Å². The number of hydrogen-bond donors (Lipinski definition) is 0. The molecule has 0 amide bonds. The molecule has 0 aromatic heterocycles. The summed E-state index contributed by atoms with van der Waals surface area (Å²) in [5.41, 5.74) is -0.0500. The Labute approximate surface area is 85.4 Å². The van der Waals surface area contributed by atoms with Crippen LogP contribution in [0.5, 0.6) is 11.5 Å². The number of benzene rings is 1. The van der Waals surface area contributed by atoms with Gasteiger partial charge < -0.3 is 9.47 Å². The lowest BCUT2D eigenvalue weighted by molar-refractivity contribution is 0.111. The average molecular weight is 219 g/mol. The molecule has 5 heteroatoms. The van der Waals surface area contributed by atoms with E-state index in [2.05, 4.69) is 0 Å². The lowest BCUT2D eigenvalue weighted by atomic mass is 10.2. The Morgan fingerprint density at radius 2 is 2.07 bits per heavy atom. The summed E-state index contributed by atoms with van der Waals surface area (Å²) in [5.74, 6) is -0.447. The van der Waals surface area contributed by atoms with Gasteiger partial charge in [0.15, 0.2) is 17.8 Å². The zero-order chi connectivity index (χ0) is 10.7. The van der Waals surface area contributed by atoms with Crippen molar-refractivity contribution in [3.05, 3.63) is 22.5 Å². The van der Waals surface area contributed by atoms with Crippen molar-refractivity contribution in [2.75, 3.05) is 14.2 Å². The first kappa shape index (κ1) is 10.8. The topological polar surface area (TPSA) is 35.5 Å². The summed E-state index contributed by atoms with van der Waals surface area (Å²) >= 11 is 5.56. The molecule has 0 radical (unpaired) electrons. The highest BCUT2D eigenvalue weighted by atomic mass is 35.5. The normalized spacial score (nSPS) is 9.71. The van der Waals surface area contributed by atoms with Gasteiger partial charge in [0.2, 0.25) is 0 Å². The van der Waals surface area contributed by atoms with E-state index in [1.165, 1.54) is 14.2 Å². The van der Waals surface area contributed by atoms with Crippen LogP contribution in [0.4, 0.5) is 4.39 Å². The first-order chi connectivity index (χ1) is 6.65. The van der Waals surface area contributed by atoms with Gasteiger partial charge >= 0.3 is 0 Å². The van der Waals surface area contributed by atoms with Gasteiger partial charge in [0, 0.05) is 6.07 Å². The molecule has 0 aliphatic rings. The van der Waals surface area contributed by atoms with Crippen LogP contribution in [0.1, 0.15) is 10.4 Å². The van der Waals surface area contributed by atoms with Crippen molar-refractivity contribution < 1.29 is 18.7 Å². The van der Waals surface area contributed by atoms with Gasteiger partial charge in [0.25, 0.3) is 0 Å². The molecule has 0 bridgehead atoms. The van der Waals surface area contributed by atoms with Crippen molar-refractivity contribution in [2.24, 2.45) is 0 Å². The van der Waals surface area contributed by atoms with Crippen molar-refractivity contribution >= 4 is 17.9 Å². The lowest BCUT2D eigenvalue weighted by Crippen LogP contribution is -1.98. The summed E-state index contributed by atoms with van der Waals surface area (Å²) < 4.78 is 22.8. The molecule has 0 N–H and O–H groups in total. The van der Waals surface area contributed by atoms with Crippen molar-refractivity contribution in [1.29, 1.82) is 0 Å². The number of methoxy groups -OCH3 is 2. The predicted octanol–water partition coefficient (Wildman–Crippen LogP) is 2.31. The largest absolute Gasteiger partial charge is 0.493 e. The Bertz CT molecular complexity index is 366. The van der Waals surface area contributed by atoms with E-state index in [1.54, 1.807) is 0 Å². The Morgan fingerprint density at radius 1 is 1.43 bits per heavy atom. The lowest BCUT2D eigenvalue weighted by Gasteiger charge is -2.10. The van der Waals surface area contributed by atoms with E-state index in [1.807, 2.05) is 0 Å². The fraction of sp³-hybridized carbons (Fsp3) is 0.222. The third-order valence-corrected chi connectivity index (χ3v) is 2.10. The number of carbonyl (C=O) groups is 1. The average Bonchev–Trinajstić information content (AvgIpc) is 2.20. The minimum atomic E-state index is -0.716. The van der Waals surface area contributed by atoms with Crippen LogP contribution in [-0.4, -0.2) is 20.5 Å². The maximum atomic E-state index is 13.1. The first-order valence-corrected chi connectivity index (χ1v) is 4.08. The minimum absolute atomic E-state index is 0.0500. The van der Waals surface area contributed by atoms with Gasteiger partial charge in [-0.05, 0) is 0 Å². The van der Waals surface area contributed by atoms with Crippen LogP contribution in [0.25, 0.3) is 0 Å². The van der Waals surface area contributed by atoms with E-state index >= 15 is 0 Å². The molecule has 0 heterocycles. The molecule has 0 atom stereocenters. The maximum Gasteiger partial charge on any atom is 0.172 e. The molecule has 0 spiro atoms. The highest BCUT2D eigenvalue weighted by Crippen LogP contribution is 2.36. The third kappa shape index (κ3) is 1.65. The van der Waals surface area contributed by atoms with Crippen molar-refractivity contribution in [3.8, 4) is 11.5 Å². The van der Waals surface area contributed by atoms with Crippen LogP contribution >= 0.6 is 11.6 Å². The molecule has 1 rings (SSSR count). The summed E-state index contributed by atoms with van der Waals surface area (Å²) in [7, 11) is 2.69. The fourth-order valence-corrected chi connectivity index (χ4v) is 1.26. The van der Waals surface area contributed by atoms with Gasteiger partial charge in [0.05, 0.1) is 24.8 Å². The second-order valence-corrected chi connectivity index (χ2v) is 2.82. The van der Waals surface area contributed by atoms with E-state index in [-0.39, 0.29) is 22.1 Å². The number of carbonyl (C=O) groups excluding carboxylic acids is 1. The Morgan fingerprint density at radius 3 is 2.50 bits per heavy atom. The van der Waals surface area contributed by atoms with E-state index < -0.39 is 5.82 Å². The molecular weight excluding hydrogens is 211 g/mol. The molecule has 1 aromatic carbocycles. The van der Waals surface area contributed by atoms with Gasteiger partial charge in [-0.3, -0.25) is 4.79 Å². The third-order valence-electron chi connectivity index (χ3n) is 1.71. The predicted molar refractivity (Wildman–Crippen MR) is 49.9 cm³/mol. The molecule has 76 valence electrons. The number of hydrogen-bond acceptors (Lipinski definition) is 3. The number of aldehydes is 1. The highest BCUT2D eigenvalue weighted by Gasteiger charge is 2.17. The standard InChI is InChI=1S/C9H8ClFO3/c1-13-7-3-6(11)8(10)5(4-12)9(7)14-2/h3-4H,1-2H3. The van der Waals surface area contributed by atoms with Gasteiger partial charge in [-0.25, -0.2) is 4.39 Å². The second-order valence-electron chi connectivity index (χ2n) is 2.44. The molecule has 0 saturated carbocycles. The van der Waals surface area contributed by atoms with Gasteiger partial charge in [0.1, 0.15) is 5.82 Å². The van der Waals surface area contributed by atoms with Crippen LogP contribution in [0, 0.1) is 5.82 Å². The zero-order valence-electron chi connectivity index (χ0n) is 7.64. The summed E-state index contributed by atoms with van der Waals surface area (Å²) in [4.78, 5) is 10.6. The smallest absolute Gasteiger partial charge is 0.172 e. The zero-order valence-corrected chi connectivity index (χ0v) is 8.39. The summed E-state index contributed by atoms with van der Waals surface area (Å²) in [6.07, 6.45) is 0.423. The van der Waals surface area contributed by atoms with Crippen LogP contribution < -0.4 is 9.47 Å². The molecular formula is C9H8ClFO3. The molecule has 0 saturated heterocycles. The van der Waals surface area contributed by atoms with Crippen LogP contribution in [0.2, 0.25) is 5.02 Å². The molecule has 14 heavy (non-hydrogen) atoms. The van der Waals surface area contributed by atoms with E-state index in [4.69, 9.17) is 21.1 Å². The Balaban J connectivity index is 3.49. The summed E-state index contributed by atoms with van der Waals surface area (Å²) in [6.45, 7) is 0. The second kappa shape index (κ2) is 4.28.